The molecule has 4 rings (SSSR count). The number of aromatic nitrogens is 1. The maximum atomic E-state index is 13.4. The molecule has 3 heterocycles. The Morgan fingerprint density at radius 2 is 2.04 bits per heavy atom. The zero-order valence-corrected chi connectivity index (χ0v) is 16.4. The molecule has 1 unspecified atom stereocenters. The van der Waals surface area contributed by atoms with Gasteiger partial charge in [-0.3, -0.25) is 9.59 Å². The van der Waals surface area contributed by atoms with Gasteiger partial charge in [-0.2, -0.15) is 0 Å². The number of rotatable bonds is 5. The van der Waals surface area contributed by atoms with Crippen LogP contribution in [0.25, 0.3) is 0 Å². The molecule has 2 amide bonds. The minimum absolute atomic E-state index is 0.0132. The molecule has 0 radical (unpaired) electrons. The van der Waals surface area contributed by atoms with Crippen LogP contribution in [0.3, 0.4) is 0 Å². The van der Waals surface area contributed by atoms with Crippen molar-refractivity contribution in [3.63, 3.8) is 0 Å². The smallest absolute Gasteiger partial charge is 0.228 e. The van der Waals surface area contributed by atoms with Crippen LogP contribution < -0.4 is 4.90 Å². The number of hydrogen-bond acceptors (Lipinski definition) is 4. The van der Waals surface area contributed by atoms with E-state index in [1.54, 1.807) is 13.1 Å². The molecule has 3 atom stereocenters. The Morgan fingerprint density at radius 1 is 1.22 bits per heavy atom. The third-order valence-corrected chi connectivity index (χ3v) is 6.36. The van der Waals surface area contributed by atoms with Crippen LogP contribution in [0.2, 0.25) is 0 Å². The van der Waals surface area contributed by atoms with Gasteiger partial charge >= 0.3 is 0 Å². The van der Waals surface area contributed by atoms with E-state index in [4.69, 9.17) is 0 Å². The molecule has 3 fully saturated rings. The molecule has 6 nitrogen and oxygen atoms in total. The van der Waals surface area contributed by atoms with Crippen molar-refractivity contribution in [2.75, 3.05) is 31.1 Å². The van der Waals surface area contributed by atoms with Crippen LogP contribution in [0, 0.1) is 11.8 Å². The second-order valence-corrected chi connectivity index (χ2v) is 8.41. The van der Waals surface area contributed by atoms with E-state index in [1.165, 1.54) is 0 Å². The first-order valence-electron chi connectivity index (χ1n) is 10.3. The number of anilines is 1. The summed E-state index contributed by atoms with van der Waals surface area (Å²) in [7, 11) is 0. The Kier molecular flexibility index (Phi) is 5.06. The summed E-state index contributed by atoms with van der Waals surface area (Å²) in [4.78, 5) is 36.1. The fraction of sp³-hybridized carbons (Fsp3) is 0.667. The van der Waals surface area contributed by atoms with Gasteiger partial charge in [0.25, 0.3) is 0 Å². The van der Waals surface area contributed by atoms with Gasteiger partial charge < -0.3 is 14.7 Å². The van der Waals surface area contributed by atoms with Crippen LogP contribution in [-0.4, -0.2) is 64.9 Å². The maximum absolute atomic E-state index is 13.4. The lowest BCUT2D eigenvalue weighted by Crippen LogP contribution is -2.48. The second-order valence-electron chi connectivity index (χ2n) is 8.41. The fourth-order valence-corrected chi connectivity index (χ4v) is 4.69. The average Bonchev–Trinajstić information content (AvgIpc) is 3.26. The average molecular weight is 370 g/mol. The Bertz CT molecular complexity index is 691. The van der Waals surface area contributed by atoms with Gasteiger partial charge in [-0.05, 0) is 43.7 Å². The third-order valence-electron chi connectivity index (χ3n) is 6.36. The van der Waals surface area contributed by atoms with Crippen LogP contribution >= 0.6 is 0 Å². The van der Waals surface area contributed by atoms with Gasteiger partial charge in [0.1, 0.15) is 5.82 Å². The predicted molar refractivity (Wildman–Crippen MR) is 104 cm³/mol. The Hall–Kier alpha value is -2.11. The first kappa shape index (κ1) is 18.3. The van der Waals surface area contributed by atoms with Gasteiger partial charge in [0, 0.05) is 51.4 Å². The molecule has 2 saturated heterocycles. The topological polar surface area (TPSA) is 56.8 Å². The molecule has 1 aliphatic carbocycles. The van der Waals surface area contributed by atoms with Gasteiger partial charge in [-0.1, -0.05) is 13.0 Å². The molecular formula is C21H30N4O2. The molecule has 2 aliphatic heterocycles. The van der Waals surface area contributed by atoms with Gasteiger partial charge in [-0.25, -0.2) is 4.98 Å². The standard InChI is InChI=1S/C21H30N4O2/c1-15-12-23(20-7-3-4-10-22-20)14-19(15)21(27)24-11-5-6-18(24)13-25(16(2)26)17-8-9-17/h3-4,7,10,15,17-19H,5-6,8-9,11-14H2,1-2H3/t15-,18?,19-/m1/s1. The van der Waals surface area contributed by atoms with E-state index in [0.29, 0.717) is 18.5 Å². The number of amides is 2. The summed E-state index contributed by atoms with van der Waals surface area (Å²) in [5, 5.41) is 0. The van der Waals surface area contributed by atoms with Crippen LogP contribution in [0.15, 0.2) is 24.4 Å². The first-order valence-corrected chi connectivity index (χ1v) is 10.3. The highest BCUT2D eigenvalue weighted by atomic mass is 16.2. The lowest BCUT2D eigenvalue weighted by atomic mass is 9.96. The number of carbonyl (C=O) groups excluding carboxylic acids is 2. The Balaban J connectivity index is 1.42. The Morgan fingerprint density at radius 3 is 2.70 bits per heavy atom. The van der Waals surface area contributed by atoms with Gasteiger partial charge in [0.15, 0.2) is 0 Å². The number of nitrogens with zero attached hydrogens (tertiary/aromatic N) is 4. The maximum Gasteiger partial charge on any atom is 0.228 e. The summed E-state index contributed by atoms with van der Waals surface area (Å²) in [5.41, 5.74) is 0. The largest absolute Gasteiger partial charge is 0.356 e. The molecular weight excluding hydrogens is 340 g/mol. The van der Waals surface area contributed by atoms with Crippen molar-refractivity contribution < 1.29 is 9.59 Å². The number of likely N-dealkylation sites (tertiary alicyclic amines) is 1. The van der Waals surface area contributed by atoms with Crippen molar-refractivity contribution in [1.82, 2.24) is 14.8 Å². The third kappa shape index (κ3) is 3.80. The SMILES string of the molecule is CC(=O)N(CC1CCCN1C(=O)[C@@H]1CN(c2ccccn2)C[C@H]1C)C1CC1. The molecule has 146 valence electrons. The zero-order valence-electron chi connectivity index (χ0n) is 16.4. The number of carbonyl (C=O) groups is 2. The summed E-state index contributed by atoms with van der Waals surface area (Å²) in [6, 6.07) is 6.51. The summed E-state index contributed by atoms with van der Waals surface area (Å²) in [5.74, 6) is 1.69. The van der Waals surface area contributed by atoms with Crippen molar-refractivity contribution >= 4 is 17.6 Å². The molecule has 1 saturated carbocycles. The normalized spacial score (nSPS) is 27.9. The predicted octanol–water partition coefficient (Wildman–Crippen LogP) is 2.16. The van der Waals surface area contributed by atoms with Gasteiger partial charge in [0.2, 0.25) is 11.8 Å². The molecule has 0 aromatic carbocycles. The lowest BCUT2D eigenvalue weighted by molar-refractivity contribution is -0.139. The van der Waals surface area contributed by atoms with Gasteiger partial charge in [-0.15, -0.1) is 0 Å². The molecule has 0 bridgehead atoms. The zero-order chi connectivity index (χ0) is 19.0. The summed E-state index contributed by atoms with van der Waals surface area (Å²) >= 11 is 0. The highest BCUT2D eigenvalue weighted by Crippen LogP contribution is 2.32. The molecule has 27 heavy (non-hydrogen) atoms. The van der Waals surface area contributed by atoms with E-state index < -0.39 is 0 Å². The van der Waals surface area contributed by atoms with Gasteiger partial charge in [0.05, 0.1) is 5.92 Å². The summed E-state index contributed by atoms with van der Waals surface area (Å²) in [6.07, 6.45) is 6.07. The first-order chi connectivity index (χ1) is 13.0. The summed E-state index contributed by atoms with van der Waals surface area (Å²) in [6.45, 7) is 6.96. The number of pyridine rings is 1. The van der Waals surface area contributed by atoms with Crippen molar-refractivity contribution in [3.05, 3.63) is 24.4 Å². The van der Waals surface area contributed by atoms with E-state index in [2.05, 4.69) is 21.7 Å². The van der Waals surface area contributed by atoms with Crippen LogP contribution in [0.1, 0.15) is 39.5 Å². The van der Waals surface area contributed by atoms with Crippen molar-refractivity contribution in [2.24, 2.45) is 11.8 Å². The minimum atomic E-state index is 0.0132. The minimum Gasteiger partial charge on any atom is -0.356 e. The fourth-order valence-electron chi connectivity index (χ4n) is 4.69. The molecule has 0 spiro atoms. The number of hydrogen-bond donors (Lipinski definition) is 0. The monoisotopic (exact) mass is 370 g/mol. The molecule has 1 aromatic heterocycles. The van der Waals surface area contributed by atoms with E-state index in [9.17, 15) is 9.59 Å². The molecule has 0 N–H and O–H groups in total. The van der Waals surface area contributed by atoms with E-state index in [-0.39, 0.29) is 23.8 Å². The Labute approximate surface area is 161 Å². The van der Waals surface area contributed by atoms with Crippen LogP contribution in [0.5, 0.6) is 0 Å². The highest BCUT2D eigenvalue weighted by molar-refractivity contribution is 5.81. The second kappa shape index (κ2) is 7.49. The highest BCUT2D eigenvalue weighted by Gasteiger charge is 2.42. The molecule has 6 heteroatoms. The van der Waals surface area contributed by atoms with E-state index >= 15 is 0 Å². The van der Waals surface area contributed by atoms with Crippen LogP contribution in [0.4, 0.5) is 5.82 Å². The quantitative estimate of drug-likeness (QED) is 0.797. The molecule has 3 aliphatic rings. The van der Waals surface area contributed by atoms with Crippen molar-refractivity contribution in [3.8, 4) is 0 Å². The summed E-state index contributed by atoms with van der Waals surface area (Å²) < 4.78 is 0. The van der Waals surface area contributed by atoms with Crippen molar-refractivity contribution in [2.45, 2.75) is 51.6 Å². The molecule has 1 aromatic rings. The lowest BCUT2D eigenvalue weighted by Gasteiger charge is -2.32. The van der Waals surface area contributed by atoms with E-state index in [1.807, 2.05) is 23.1 Å². The van der Waals surface area contributed by atoms with E-state index in [0.717, 1.165) is 51.1 Å². The van der Waals surface area contributed by atoms with Crippen molar-refractivity contribution in [1.29, 1.82) is 0 Å². The van der Waals surface area contributed by atoms with Crippen LogP contribution in [-0.2, 0) is 9.59 Å².